The number of carbonyl (C=O) groups excluding carboxylic acids is 1. The summed E-state index contributed by atoms with van der Waals surface area (Å²) in [5.41, 5.74) is 0.129. The second-order valence-electron chi connectivity index (χ2n) is 4.74. The molecule has 1 unspecified atom stereocenters. The number of carbonyl (C=O) groups is 2. The van der Waals surface area contributed by atoms with Crippen LogP contribution in [0.1, 0.15) is 29.6 Å². The quantitative estimate of drug-likeness (QED) is 0.915. The van der Waals surface area contributed by atoms with E-state index in [0.717, 1.165) is 12.5 Å². The number of hydrogen-bond acceptors (Lipinski definition) is 3. The van der Waals surface area contributed by atoms with Crippen molar-refractivity contribution in [2.75, 3.05) is 13.7 Å². The van der Waals surface area contributed by atoms with Gasteiger partial charge in [-0.05, 0) is 31.0 Å². The van der Waals surface area contributed by atoms with Crippen LogP contribution in [-0.2, 0) is 4.79 Å². The van der Waals surface area contributed by atoms with Crippen LogP contribution in [0, 0.1) is 5.82 Å². The molecular formula is C14H16FNO4. The molecule has 1 atom stereocenters. The van der Waals surface area contributed by atoms with Crippen LogP contribution in [0.15, 0.2) is 18.2 Å². The smallest absolute Gasteiger partial charge is 0.305 e. The summed E-state index contributed by atoms with van der Waals surface area (Å²) in [5, 5.41) is 8.87. The highest BCUT2D eigenvalue weighted by atomic mass is 19.1. The molecule has 20 heavy (non-hydrogen) atoms. The van der Waals surface area contributed by atoms with Crippen molar-refractivity contribution in [3.05, 3.63) is 29.6 Å². The molecule has 1 amide bonds. The summed E-state index contributed by atoms with van der Waals surface area (Å²) in [4.78, 5) is 24.8. The second kappa shape index (κ2) is 5.90. The van der Waals surface area contributed by atoms with E-state index in [-0.39, 0.29) is 29.7 Å². The van der Waals surface area contributed by atoms with Crippen molar-refractivity contribution in [2.45, 2.75) is 25.3 Å². The van der Waals surface area contributed by atoms with Crippen molar-refractivity contribution >= 4 is 11.9 Å². The van der Waals surface area contributed by atoms with Gasteiger partial charge < -0.3 is 14.7 Å². The Morgan fingerprint density at radius 3 is 2.90 bits per heavy atom. The minimum absolute atomic E-state index is 0.0939. The van der Waals surface area contributed by atoms with E-state index in [1.807, 2.05) is 0 Å². The number of nitrogens with zero attached hydrogens (tertiary/aromatic N) is 1. The number of ether oxygens (including phenoxy) is 1. The number of aliphatic carboxylic acids is 1. The summed E-state index contributed by atoms with van der Waals surface area (Å²) in [6.45, 7) is 0.483. The second-order valence-corrected chi connectivity index (χ2v) is 4.74. The third-order valence-corrected chi connectivity index (χ3v) is 3.44. The van der Waals surface area contributed by atoms with E-state index in [1.54, 1.807) is 0 Å². The lowest BCUT2D eigenvalue weighted by Gasteiger charge is -2.24. The lowest BCUT2D eigenvalue weighted by molar-refractivity contribution is -0.137. The van der Waals surface area contributed by atoms with Gasteiger partial charge in [-0.1, -0.05) is 0 Å². The zero-order chi connectivity index (χ0) is 14.7. The number of rotatable bonds is 4. The van der Waals surface area contributed by atoms with Crippen molar-refractivity contribution < 1.29 is 23.8 Å². The third kappa shape index (κ3) is 2.89. The number of benzene rings is 1. The number of carboxylic acids is 1. The summed E-state index contributed by atoms with van der Waals surface area (Å²) in [6, 6.07) is 3.39. The molecule has 1 heterocycles. The maximum absolute atomic E-state index is 13.3. The Kier molecular flexibility index (Phi) is 4.22. The number of likely N-dealkylation sites (tertiary alicyclic amines) is 1. The molecule has 1 N–H and O–H groups in total. The SMILES string of the molecule is COc1ccc(F)cc1C(=O)N1CCCC1CC(=O)O. The van der Waals surface area contributed by atoms with Crippen LogP contribution in [-0.4, -0.2) is 41.6 Å². The molecule has 1 aromatic rings. The number of amides is 1. The van der Waals surface area contributed by atoms with Crippen molar-refractivity contribution in [3.63, 3.8) is 0 Å². The summed E-state index contributed by atoms with van der Waals surface area (Å²) >= 11 is 0. The molecule has 0 spiro atoms. The Labute approximate surface area is 116 Å². The Morgan fingerprint density at radius 2 is 2.25 bits per heavy atom. The van der Waals surface area contributed by atoms with Crippen molar-refractivity contribution in [2.24, 2.45) is 0 Å². The Hall–Kier alpha value is -2.11. The van der Waals surface area contributed by atoms with Gasteiger partial charge in [0.25, 0.3) is 5.91 Å². The topological polar surface area (TPSA) is 66.8 Å². The first kappa shape index (κ1) is 14.3. The number of methoxy groups -OCH3 is 1. The van der Waals surface area contributed by atoms with E-state index in [4.69, 9.17) is 9.84 Å². The molecule has 0 radical (unpaired) electrons. The highest BCUT2D eigenvalue weighted by Gasteiger charge is 2.32. The van der Waals surface area contributed by atoms with Crippen LogP contribution in [0.3, 0.4) is 0 Å². The van der Waals surface area contributed by atoms with Gasteiger partial charge in [-0.2, -0.15) is 0 Å². The van der Waals surface area contributed by atoms with E-state index in [1.165, 1.54) is 24.1 Å². The van der Waals surface area contributed by atoms with Gasteiger partial charge in [0.05, 0.1) is 19.1 Å². The first-order chi connectivity index (χ1) is 9.52. The zero-order valence-electron chi connectivity index (χ0n) is 11.1. The summed E-state index contributed by atoms with van der Waals surface area (Å²) in [7, 11) is 1.41. The fourth-order valence-electron chi connectivity index (χ4n) is 2.52. The molecular weight excluding hydrogens is 265 g/mol. The van der Waals surface area contributed by atoms with Gasteiger partial charge in [-0.25, -0.2) is 4.39 Å². The Morgan fingerprint density at radius 1 is 1.50 bits per heavy atom. The van der Waals surface area contributed by atoms with E-state index in [9.17, 15) is 14.0 Å². The maximum Gasteiger partial charge on any atom is 0.305 e. The first-order valence-electron chi connectivity index (χ1n) is 6.39. The van der Waals surface area contributed by atoms with E-state index < -0.39 is 11.8 Å². The molecule has 0 aromatic heterocycles. The Bertz CT molecular complexity index is 532. The standard InChI is InChI=1S/C14H16FNO4/c1-20-12-5-4-9(15)7-11(12)14(19)16-6-2-3-10(16)8-13(17)18/h4-5,7,10H,2-3,6,8H2,1H3,(H,17,18). The third-order valence-electron chi connectivity index (χ3n) is 3.44. The van der Waals surface area contributed by atoms with Crippen molar-refractivity contribution in [1.29, 1.82) is 0 Å². The van der Waals surface area contributed by atoms with Crippen molar-refractivity contribution in [3.8, 4) is 5.75 Å². The molecule has 0 bridgehead atoms. The fraction of sp³-hybridized carbons (Fsp3) is 0.429. The lowest BCUT2D eigenvalue weighted by Crippen LogP contribution is -2.37. The molecule has 1 aliphatic rings. The van der Waals surface area contributed by atoms with Gasteiger partial charge in [0, 0.05) is 12.6 Å². The zero-order valence-corrected chi connectivity index (χ0v) is 11.1. The van der Waals surface area contributed by atoms with Gasteiger partial charge in [0.1, 0.15) is 11.6 Å². The summed E-state index contributed by atoms with van der Waals surface area (Å²) in [5.74, 6) is -1.56. The van der Waals surface area contributed by atoms with Crippen LogP contribution in [0.2, 0.25) is 0 Å². The van der Waals surface area contributed by atoms with Gasteiger partial charge in [0.15, 0.2) is 0 Å². The maximum atomic E-state index is 13.3. The molecule has 1 aliphatic heterocycles. The molecule has 2 rings (SSSR count). The average Bonchev–Trinajstić information content (AvgIpc) is 2.85. The van der Waals surface area contributed by atoms with Crippen LogP contribution in [0.25, 0.3) is 0 Å². The Balaban J connectivity index is 2.26. The normalized spacial score (nSPS) is 18.1. The molecule has 5 nitrogen and oxygen atoms in total. The van der Waals surface area contributed by atoms with E-state index >= 15 is 0 Å². The monoisotopic (exact) mass is 281 g/mol. The largest absolute Gasteiger partial charge is 0.496 e. The van der Waals surface area contributed by atoms with Crippen molar-refractivity contribution in [1.82, 2.24) is 4.90 Å². The molecule has 1 fully saturated rings. The molecule has 1 aromatic carbocycles. The average molecular weight is 281 g/mol. The number of carboxylic acid groups (broad SMARTS) is 1. The fourth-order valence-corrected chi connectivity index (χ4v) is 2.52. The van der Waals surface area contributed by atoms with Crippen LogP contribution in [0.4, 0.5) is 4.39 Å². The van der Waals surface area contributed by atoms with Gasteiger partial charge in [-0.3, -0.25) is 9.59 Å². The molecule has 108 valence electrons. The van der Waals surface area contributed by atoms with E-state index in [2.05, 4.69) is 0 Å². The summed E-state index contributed by atoms with van der Waals surface area (Å²) < 4.78 is 18.4. The molecule has 0 saturated carbocycles. The molecule has 1 saturated heterocycles. The lowest BCUT2D eigenvalue weighted by atomic mass is 10.1. The van der Waals surface area contributed by atoms with Gasteiger partial charge >= 0.3 is 5.97 Å². The van der Waals surface area contributed by atoms with Crippen LogP contribution in [0.5, 0.6) is 5.75 Å². The highest BCUT2D eigenvalue weighted by Crippen LogP contribution is 2.27. The molecule has 6 heteroatoms. The minimum atomic E-state index is -0.944. The molecule has 0 aliphatic carbocycles. The number of halogens is 1. The van der Waals surface area contributed by atoms with Gasteiger partial charge in [-0.15, -0.1) is 0 Å². The van der Waals surface area contributed by atoms with Crippen LogP contribution >= 0.6 is 0 Å². The van der Waals surface area contributed by atoms with Crippen LogP contribution < -0.4 is 4.74 Å². The summed E-state index contributed by atoms with van der Waals surface area (Å²) in [6.07, 6.45) is 1.31. The highest BCUT2D eigenvalue weighted by molar-refractivity contribution is 5.97. The van der Waals surface area contributed by atoms with E-state index in [0.29, 0.717) is 13.0 Å². The predicted octanol–water partition coefficient (Wildman–Crippen LogP) is 1.91. The first-order valence-corrected chi connectivity index (χ1v) is 6.39. The minimum Gasteiger partial charge on any atom is -0.496 e. The predicted molar refractivity (Wildman–Crippen MR) is 69.3 cm³/mol. The number of hydrogen-bond donors (Lipinski definition) is 1. The van der Waals surface area contributed by atoms with Gasteiger partial charge in [0.2, 0.25) is 0 Å².